The van der Waals surface area contributed by atoms with Gasteiger partial charge in [-0.3, -0.25) is 9.59 Å². The fourth-order valence-electron chi connectivity index (χ4n) is 1.71. The normalized spacial score (nSPS) is 17.1. The highest BCUT2D eigenvalue weighted by Gasteiger charge is 2.33. The fraction of sp³-hybridized carbons (Fsp3) is 0.800. The SMILES string of the molecule is CCS(=O)(=O)C(=O)N1CCN(C(=O)S(=O)(=O)CC)CC1. The van der Waals surface area contributed by atoms with Gasteiger partial charge < -0.3 is 9.80 Å². The number of piperazine rings is 1. The molecule has 10 heteroatoms. The topological polar surface area (TPSA) is 109 Å². The van der Waals surface area contributed by atoms with Gasteiger partial charge in [-0.05, 0) is 0 Å². The van der Waals surface area contributed by atoms with Gasteiger partial charge in [-0.25, -0.2) is 16.8 Å². The van der Waals surface area contributed by atoms with Crippen LogP contribution in [0.2, 0.25) is 0 Å². The van der Waals surface area contributed by atoms with Crippen molar-refractivity contribution >= 4 is 30.2 Å². The molecule has 1 fully saturated rings. The summed E-state index contributed by atoms with van der Waals surface area (Å²) in [6.07, 6.45) is 0. The van der Waals surface area contributed by atoms with Crippen LogP contribution >= 0.6 is 0 Å². The maximum Gasteiger partial charge on any atom is 0.339 e. The Labute approximate surface area is 118 Å². The number of hydrogen-bond acceptors (Lipinski definition) is 6. The minimum atomic E-state index is -3.80. The third-order valence-electron chi connectivity index (χ3n) is 3.09. The molecule has 1 rings (SSSR count). The summed E-state index contributed by atoms with van der Waals surface area (Å²) < 4.78 is 45.8. The van der Waals surface area contributed by atoms with Crippen LogP contribution in [0.5, 0.6) is 0 Å². The van der Waals surface area contributed by atoms with Crippen molar-refractivity contribution in [3.8, 4) is 0 Å². The Balaban J connectivity index is 2.70. The molecule has 1 aliphatic rings. The first-order valence-corrected chi connectivity index (χ1v) is 9.49. The van der Waals surface area contributed by atoms with Crippen molar-refractivity contribution in [3.63, 3.8) is 0 Å². The van der Waals surface area contributed by atoms with Gasteiger partial charge in [0.05, 0.1) is 11.5 Å². The predicted octanol–water partition coefficient (Wildman–Crippen LogP) is -0.287. The second-order valence-corrected chi connectivity index (χ2v) is 8.62. The zero-order chi connectivity index (χ0) is 15.6. The maximum atomic E-state index is 11.7. The summed E-state index contributed by atoms with van der Waals surface area (Å²) in [7, 11) is -7.61. The molecule has 2 amide bonds. The molecule has 0 aromatic rings. The third kappa shape index (κ3) is 3.48. The van der Waals surface area contributed by atoms with E-state index in [-0.39, 0.29) is 37.7 Å². The van der Waals surface area contributed by atoms with Gasteiger partial charge in [0.2, 0.25) is 19.7 Å². The molecule has 1 heterocycles. The summed E-state index contributed by atoms with van der Waals surface area (Å²) in [5.74, 6) is -0.565. The smallest absolute Gasteiger partial charge is 0.326 e. The van der Waals surface area contributed by atoms with Crippen LogP contribution in [-0.4, -0.2) is 74.8 Å². The molecular formula is C10H18N2O6S2. The van der Waals surface area contributed by atoms with Crippen molar-refractivity contribution in [2.45, 2.75) is 13.8 Å². The van der Waals surface area contributed by atoms with Crippen LogP contribution < -0.4 is 0 Å². The van der Waals surface area contributed by atoms with Crippen LogP contribution in [0, 0.1) is 0 Å². The lowest BCUT2D eigenvalue weighted by molar-refractivity contribution is 0.166. The number of hydrogen-bond donors (Lipinski definition) is 0. The Bertz CT molecular complexity index is 533. The van der Waals surface area contributed by atoms with E-state index in [1.165, 1.54) is 13.8 Å². The van der Waals surface area contributed by atoms with E-state index in [9.17, 15) is 26.4 Å². The van der Waals surface area contributed by atoms with Crippen molar-refractivity contribution < 1.29 is 26.4 Å². The average molecular weight is 326 g/mol. The molecule has 1 aliphatic heterocycles. The molecule has 0 bridgehead atoms. The molecular weight excluding hydrogens is 308 g/mol. The standard InChI is InChI=1S/C10H18N2O6S2/c1-3-19(15,16)9(13)11-5-7-12(8-6-11)10(14)20(17,18)4-2/h3-8H2,1-2H3. The van der Waals surface area contributed by atoms with Gasteiger partial charge in [0.15, 0.2) is 0 Å². The van der Waals surface area contributed by atoms with Crippen molar-refractivity contribution in [3.05, 3.63) is 0 Å². The number of rotatable bonds is 2. The summed E-state index contributed by atoms with van der Waals surface area (Å²) in [6, 6.07) is 0. The number of amides is 2. The minimum absolute atomic E-state index is 0.0169. The first-order chi connectivity index (χ1) is 9.15. The van der Waals surface area contributed by atoms with Gasteiger partial charge in [-0.2, -0.15) is 0 Å². The first-order valence-electron chi connectivity index (χ1n) is 6.19. The molecule has 0 aromatic heterocycles. The lowest BCUT2D eigenvalue weighted by Crippen LogP contribution is -2.52. The van der Waals surface area contributed by atoms with Crippen LogP contribution in [0.1, 0.15) is 13.8 Å². The molecule has 0 radical (unpaired) electrons. The first kappa shape index (κ1) is 16.9. The van der Waals surface area contributed by atoms with E-state index in [0.717, 1.165) is 9.80 Å². The number of nitrogens with zero attached hydrogens (tertiary/aromatic N) is 2. The molecule has 0 aromatic carbocycles. The summed E-state index contributed by atoms with van der Waals surface area (Å²) in [6.45, 7) is 2.82. The Kier molecular flexibility index (Phi) is 5.14. The van der Waals surface area contributed by atoms with Gasteiger partial charge in [0, 0.05) is 26.2 Å². The van der Waals surface area contributed by atoms with Crippen molar-refractivity contribution in [2.24, 2.45) is 0 Å². The van der Waals surface area contributed by atoms with Crippen molar-refractivity contribution in [1.82, 2.24) is 9.80 Å². The van der Waals surface area contributed by atoms with Crippen LogP contribution in [-0.2, 0) is 19.7 Å². The van der Waals surface area contributed by atoms with Gasteiger partial charge >= 0.3 is 10.5 Å². The number of sulfone groups is 2. The molecule has 0 N–H and O–H groups in total. The van der Waals surface area contributed by atoms with E-state index < -0.39 is 30.2 Å². The Morgan fingerprint density at radius 3 is 1.20 bits per heavy atom. The van der Waals surface area contributed by atoms with E-state index >= 15 is 0 Å². The van der Waals surface area contributed by atoms with E-state index in [1.807, 2.05) is 0 Å². The fourth-order valence-corrected chi connectivity index (χ4v) is 3.36. The van der Waals surface area contributed by atoms with E-state index in [1.54, 1.807) is 0 Å². The highest BCUT2D eigenvalue weighted by molar-refractivity contribution is 8.06. The lowest BCUT2D eigenvalue weighted by atomic mass is 10.3. The van der Waals surface area contributed by atoms with Gasteiger partial charge in [0.1, 0.15) is 0 Å². The second-order valence-electron chi connectivity index (χ2n) is 4.31. The molecule has 8 nitrogen and oxygen atoms in total. The van der Waals surface area contributed by atoms with E-state index in [4.69, 9.17) is 0 Å². The van der Waals surface area contributed by atoms with Gasteiger partial charge in [0.25, 0.3) is 0 Å². The zero-order valence-corrected chi connectivity index (χ0v) is 13.0. The van der Waals surface area contributed by atoms with E-state index in [2.05, 4.69) is 0 Å². The quantitative estimate of drug-likeness (QED) is 0.690. The average Bonchev–Trinajstić information content (AvgIpc) is 2.45. The molecule has 0 aliphatic carbocycles. The zero-order valence-electron chi connectivity index (χ0n) is 11.4. The second kappa shape index (κ2) is 6.08. The Hall–Kier alpha value is -1.16. The summed E-state index contributed by atoms with van der Waals surface area (Å²) >= 11 is 0. The number of carbonyl (C=O) groups is 2. The maximum absolute atomic E-state index is 11.7. The largest absolute Gasteiger partial charge is 0.339 e. The minimum Gasteiger partial charge on any atom is -0.326 e. The monoisotopic (exact) mass is 326 g/mol. The van der Waals surface area contributed by atoms with Crippen molar-refractivity contribution in [2.75, 3.05) is 37.7 Å². The van der Waals surface area contributed by atoms with Crippen LogP contribution in [0.4, 0.5) is 9.59 Å². The molecule has 0 saturated carbocycles. The highest BCUT2D eigenvalue weighted by atomic mass is 32.2. The van der Waals surface area contributed by atoms with Gasteiger partial charge in [-0.15, -0.1) is 0 Å². The van der Waals surface area contributed by atoms with Gasteiger partial charge in [-0.1, -0.05) is 13.8 Å². The third-order valence-corrected chi connectivity index (χ3v) is 6.19. The molecule has 0 atom stereocenters. The molecule has 0 unspecified atom stereocenters. The molecule has 116 valence electrons. The molecule has 0 spiro atoms. The predicted molar refractivity (Wildman–Crippen MR) is 72.9 cm³/mol. The number of carbonyl (C=O) groups excluding carboxylic acids is 2. The Morgan fingerprint density at radius 2 is 1.00 bits per heavy atom. The molecule has 20 heavy (non-hydrogen) atoms. The van der Waals surface area contributed by atoms with Crippen LogP contribution in [0.15, 0.2) is 0 Å². The van der Waals surface area contributed by atoms with Crippen molar-refractivity contribution in [1.29, 1.82) is 0 Å². The molecule has 1 saturated heterocycles. The van der Waals surface area contributed by atoms with Crippen LogP contribution in [0.25, 0.3) is 0 Å². The lowest BCUT2D eigenvalue weighted by Gasteiger charge is -2.33. The summed E-state index contributed by atoms with van der Waals surface area (Å²) in [4.78, 5) is 25.6. The van der Waals surface area contributed by atoms with Crippen LogP contribution in [0.3, 0.4) is 0 Å². The summed E-state index contributed by atoms with van der Waals surface area (Å²) in [5.41, 5.74) is 0. The summed E-state index contributed by atoms with van der Waals surface area (Å²) in [5, 5.41) is -1.93. The Morgan fingerprint density at radius 1 is 0.750 bits per heavy atom. The van der Waals surface area contributed by atoms with E-state index in [0.29, 0.717) is 0 Å². The highest BCUT2D eigenvalue weighted by Crippen LogP contribution is 2.10.